The smallest absolute Gasteiger partial charge is 0.242 e. The molecule has 0 aromatic rings. The van der Waals surface area contributed by atoms with Crippen LogP contribution in [0.15, 0.2) is 46.6 Å². The van der Waals surface area contributed by atoms with Gasteiger partial charge in [0.25, 0.3) is 0 Å². The lowest BCUT2D eigenvalue weighted by Crippen LogP contribution is -2.08. The molecular weight excluding hydrogens is 304 g/mol. The highest BCUT2D eigenvalue weighted by Gasteiger charge is 2.06. The van der Waals surface area contributed by atoms with Gasteiger partial charge < -0.3 is 0 Å². The largest absolute Gasteiger partial charge is 0.379 e. The zero-order valence-corrected chi connectivity index (χ0v) is 15.8. The average molecular weight is 334 g/mol. The van der Waals surface area contributed by atoms with Crippen LogP contribution in [0.25, 0.3) is 0 Å². The summed E-state index contributed by atoms with van der Waals surface area (Å²) in [5.74, 6) is -1.35. The summed E-state index contributed by atoms with van der Waals surface area (Å²) in [4.78, 5) is 32.2. The van der Waals surface area contributed by atoms with Gasteiger partial charge in [0.05, 0.1) is 0 Å². The highest BCUT2D eigenvalue weighted by atomic mass is 17.2. The second-order valence-corrected chi connectivity index (χ2v) is 6.43. The number of carbonyl (C=O) groups excluding carboxylic acids is 2. The molecular formula is C20H30O4. The third-order valence-electron chi connectivity index (χ3n) is 3.12. The van der Waals surface area contributed by atoms with Crippen LogP contribution in [0.1, 0.15) is 67.2 Å². The van der Waals surface area contributed by atoms with Crippen LogP contribution in [0.3, 0.4) is 0 Å². The van der Waals surface area contributed by atoms with Crippen LogP contribution < -0.4 is 0 Å². The number of hydrogen-bond donors (Lipinski definition) is 0. The van der Waals surface area contributed by atoms with Crippen molar-refractivity contribution in [3.63, 3.8) is 0 Å². The van der Waals surface area contributed by atoms with E-state index in [0.29, 0.717) is 0 Å². The number of rotatable bonds is 8. The third kappa shape index (κ3) is 13.6. The Kier molecular flexibility index (Phi) is 11.3. The Morgan fingerprint density at radius 2 is 1.00 bits per heavy atom. The molecule has 4 nitrogen and oxygen atoms in total. The number of hydrogen-bond acceptors (Lipinski definition) is 4. The van der Waals surface area contributed by atoms with Gasteiger partial charge in [-0.2, -0.15) is 0 Å². The first-order valence-corrected chi connectivity index (χ1v) is 8.24. The Hall–Kier alpha value is -2.10. The van der Waals surface area contributed by atoms with Gasteiger partial charge in [-0.05, 0) is 67.2 Å². The zero-order valence-electron chi connectivity index (χ0n) is 15.8. The lowest BCUT2D eigenvalue weighted by molar-refractivity contribution is -0.250. The second kappa shape index (κ2) is 12.3. The number of carbonyl (C=O) groups is 2. The van der Waals surface area contributed by atoms with Crippen LogP contribution in [-0.2, 0) is 19.4 Å². The summed E-state index contributed by atoms with van der Waals surface area (Å²) in [6, 6.07) is 0. The molecule has 0 aliphatic rings. The first-order chi connectivity index (χ1) is 11.2. The van der Waals surface area contributed by atoms with Gasteiger partial charge >= 0.3 is 11.9 Å². The minimum absolute atomic E-state index is 0.673. The van der Waals surface area contributed by atoms with Crippen LogP contribution in [0.2, 0.25) is 0 Å². The Labute approximate surface area is 145 Å². The van der Waals surface area contributed by atoms with E-state index in [-0.39, 0.29) is 0 Å². The lowest BCUT2D eigenvalue weighted by atomic mass is 10.1. The molecule has 0 aliphatic carbocycles. The topological polar surface area (TPSA) is 52.6 Å². The van der Waals surface area contributed by atoms with E-state index in [2.05, 4.69) is 21.9 Å². The molecule has 0 aliphatic heterocycles. The van der Waals surface area contributed by atoms with E-state index in [1.807, 2.05) is 41.5 Å². The SMILES string of the molecule is CC(C)=CCC/C(C)=C\C(=O)OOC(=O)/C=C(/C)CCC=C(C)C. The van der Waals surface area contributed by atoms with Crippen molar-refractivity contribution in [1.29, 1.82) is 0 Å². The van der Waals surface area contributed by atoms with Crippen molar-refractivity contribution in [1.82, 2.24) is 0 Å². The van der Waals surface area contributed by atoms with E-state index in [1.165, 1.54) is 23.3 Å². The van der Waals surface area contributed by atoms with Crippen LogP contribution in [0.4, 0.5) is 0 Å². The molecule has 0 rings (SSSR count). The molecule has 0 amide bonds. The fraction of sp³-hybridized carbons (Fsp3) is 0.500. The molecule has 0 bridgehead atoms. The average Bonchev–Trinajstić information content (AvgIpc) is 2.44. The normalized spacial score (nSPS) is 11.6. The van der Waals surface area contributed by atoms with Crippen molar-refractivity contribution in [2.75, 3.05) is 0 Å². The fourth-order valence-corrected chi connectivity index (χ4v) is 1.85. The summed E-state index contributed by atoms with van der Waals surface area (Å²) in [5.41, 5.74) is 4.24. The van der Waals surface area contributed by atoms with Gasteiger partial charge in [-0.3, -0.25) is 0 Å². The molecule has 0 fully saturated rings. The van der Waals surface area contributed by atoms with E-state index >= 15 is 0 Å². The predicted octanol–water partition coefficient (Wildman–Crippen LogP) is 5.37. The Balaban J connectivity index is 4.22. The molecule has 0 aromatic heterocycles. The highest BCUT2D eigenvalue weighted by Crippen LogP contribution is 2.08. The second-order valence-electron chi connectivity index (χ2n) is 6.43. The van der Waals surface area contributed by atoms with Crippen molar-refractivity contribution in [3.05, 3.63) is 46.6 Å². The molecule has 0 saturated carbocycles. The van der Waals surface area contributed by atoms with Gasteiger partial charge in [0.2, 0.25) is 0 Å². The summed E-state index contributed by atoms with van der Waals surface area (Å²) in [6.07, 6.45) is 10.2. The van der Waals surface area contributed by atoms with E-state index in [4.69, 9.17) is 0 Å². The minimum Gasteiger partial charge on any atom is -0.242 e. The van der Waals surface area contributed by atoms with Crippen LogP contribution in [0.5, 0.6) is 0 Å². The van der Waals surface area contributed by atoms with Crippen LogP contribution in [0, 0.1) is 0 Å². The van der Waals surface area contributed by atoms with Crippen molar-refractivity contribution in [2.45, 2.75) is 67.2 Å². The molecule has 4 heteroatoms. The third-order valence-corrected chi connectivity index (χ3v) is 3.12. The maximum Gasteiger partial charge on any atom is 0.379 e. The lowest BCUT2D eigenvalue weighted by Gasteiger charge is -2.01. The Morgan fingerprint density at radius 3 is 1.29 bits per heavy atom. The highest BCUT2D eigenvalue weighted by molar-refractivity contribution is 5.85. The van der Waals surface area contributed by atoms with Crippen molar-refractivity contribution in [3.8, 4) is 0 Å². The molecule has 134 valence electrons. The van der Waals surface area contributed by atoms with Gasteiger partial charge in [0, 0.05) is 12.2 Å². The summed E-state index contributed by atoms with van der Waals surface area (Å²) < 4.78 is 0. The Morgan fingerprint density at radius 1 is 0.667 bits per heavy atom. The molecule has 0 spiro atoms. The zero-order chi connectivity index (χ0) is 18.5. The van der Waals surface area contributed by atoms with Gasteiger partial charge in [-0.1, -0.05) is 34.4 Å². The molecule has 0 radical (unpaired) electrons. The maximum atomic E-state index is 11.6. The van der Waals surface area contributed by atoms with E-state index < -0.39 is 11.9 Å². The minimum atomic E-state index is -0.673. The molecule has 0 unspecified atom stereocenters. The Bertz CT molecular complexity index is 490. The number of allylic oxidation sites excluding steroid dienone is 6. The quantitative estimate of drug-likeness (QED) is 0.259. The maximum absolute atomic E-state index is 11.6. The predicted molar refractivity (Wildman–Crippen MR) is 97.0 cm³/mol. The standard InChI is InChI=1S/C20H30O4/c1-15(2)9-7-11-17(5)13-19(21)23-24-20(22)14-18(6)12-8-10-16(3)4/h9-10,13-14H,7-8,11-12H2,1-6H3/b17-13-,18-14-. The molecule has 24 heavy (non-hydrogen) atoms. The molecule has 0 atom stereocenters. The fourth-order valence-electron chi connectivity index (χ4n) is 1.85. The summed E-state index contributed by atoms with van der Waals surface area (Å²) in [5, 5.41) is 0. The first-order valence-electron chi connectivity index (χ1n) is 8.24. The van der Waals surface area contributed by atoms with Gasteiger partial charge in [0.15, 0.2) is 0 Å². The summed E-state index contributed by atoms with van der Waals surface area (Å²) >= 11 is 0. The summed E-state index contributed by atoms with van der Waals surface area (Å²) in [6.45, 7) is 11.8. The van der Waals surface area contributed by atoms with Crippen LogP contribution >= 0.6 is 0 Å². The van der Waals surface area contributed by atoms with Crippen molar-refractivity contribution >= 4 is 11.9 Å². The van der Waals surface area contributed by atoms with Crippen LogP contribution in [-0.4, -0.2) is 11.9 Å². The monoisotopic (exact) mass is 334 g/mol. The molecule has 0 saturated heterocycles. The van der Waals surface area contributed by atoms with E-state index in [0.717, 1.165) is 36.8 Å². The van der Waals surface area contributed by atoms with Gasteiger partial charge in [0.1, 0.15) is 0 Å². The summed E-state index contributed by atoms with van der Waals surface area (Å²) in [7, 11) is 0. The van der Waals surface area contributed by atoms with Gasteiger partial charge in [-0.15, -0.1) is 0 Å². The molecule has 0 N–H and O–H groups in total. The van der Waals surface area contributed by atoms with Crippen molar-refractivity contribution < 1.29 is 19.4 Å². The van der Waals surface area contributed by atoms with Gasteiger partial charge in [-0.25, -0.2) is 19.4 Å². The van der Waals surface area contributed by atoms with Crippen molar-refractivity contribution in [2.24, 2.45) is 0 Å². The first kappa shape index (κ1) is 21.9. The van der Waals surface area contributed by atoms with E-state index in [1.54, 1.807) is 0 Å². The van der Waals surface area contributed by atoms with E-state index in [9.17, 15) is 9.59 Å². The molecule has 0 aromatic carbocycles. The molecule has 0 heterocycles.